The van der Waals surface area contributed by atoms with Gasteiger partial charge in [-0.3, -0.25) is 9.36 Å². The van der Waals surface area contributed by atoms with E-state index in [4.69, 9.17) is 6.42 Å². The molecule has 68 valence electrons. The summed E-state index contributed by atoms with van der Waals surface area (Å²) in [6.07, 6.45) is 7.16. The van der Waals surface area contributed by atoms with Crippen molar-refractivity contribution < 1.29 is 0 Å². The summed E-state index contributed by atoms with van der Waals surface area (Å²) in [5.74, 6) is 3.17. The normalized spacial score (nSPS) is 9.62. The molecule has 0 radical (unpaired) electrons. The van der Waals surface area contributed by atoms with Crippen molar-refractivity contribution in [3.05, 3.63) is 26.8 Å². The molecule has 0 saturated carbocycles. The molecule has 13 heavy (non-hydrogen) atoms. The molecule has 1 rings (SSSR count). The van der Waals surface area contributed by atoms with Gasteiger partial charge < -0.3 is 0 Å². The zero-order valence-corrected chi connectivity index (χ0v) is 8.84. The molecule has 0 aromatic carbocycles. The van der Waals surface area contributed by atoms with E-state index < -0.39 is 0 Å². The smallest absolute Gasteiger partial charge is 0.267 e. The molecular weight excluding hydrogens is 232 g/mol. The lowest BCUT2D eigenvalue weighted by Gasteiger charge is -2.06. The second-order valence-corrected chi connectivity index (χ2v) is 3.42. The summed E-state index contributed by atoms with van der Waals surface area (Å²) in [6.45, 7) is 2.30. The monoisotopic (exact) mass is 240 g/mol. The van der Waals surface area contributed by atoms with Crippen molar-refractivity contribution in [3.8, 4) is 12.3 Å². The van der Waals surface area contributed by atoms with Crippen molar-refractivity contribution in [1.82, 2.24) is 9.55 Å². The van der Waals surface area contributed by atoms with Gasteiger partial charge in [0.25, 0.3) is 5.56 Å². The average Bonchev–Trinajstić information content (AvgIpc) is 2.12. The molecule has 1 aromatic heterocycles. The van der Waals surface area contributed by atoms with Crippen molar-refractivity contribution in [1.29, 1.82) is 0 Å². The van der Waals surface area contributed by atoms with Crippen LogP contribution in [0.5, 0.6) is 0 Å². The molecule has 0 bridgehead atoms. The first-order chi connectivity index (χ1) is 6.16. The standard InChI is InChI=1S/C9H9BrN2O/c1-3-4-5-12-7(2)11-6-8(10)9(12)13/h1,6H,4-5H2,2H3. The fourth-order valence-corrected chi connectivity index (χ4v) is 1.31. The highest BCUT2D eigenvalue weighted by Crippen LogP contribution is 2.01. The number of terminal acetylenes is 1. The number of hydrogen-bond acceptors (Lipinski definition) is 2. The molecule has 0 spiro atoms. The van der Waals surface area contributed by atoms with Crippen molar-refractivity contribution in [3.63, 3.8) is 0 Å². The Morgan fingerprint density at radius 2 is 2.46 bits per heavy atom. The van der Waals surface area contributed by atoms with Crippen LogP contribution in [0.1, 0.15) is 12.2 Å². The molecule has 0 amide bonds. The molecule has 0 aliphatic rings. The van der Waals surface area contributed by atoms with E-state index in [0.29, 0.717) is 23.3 Å². The van der Waals surface area contributed by atoms with Crippen LogP contribution in [-0.4, -0.2) is 9.55 Å². The average molecular weight is 241 g/mol. The van der Waals surface area contributed by atoms with Crippen molar-refractivity contribution in [2.45, 2.75) is 19.9 Å². The van der Waals surface area contributed by atoms with Crippen LogP contribution in [0.3, 0.4) is 0 Å². The van der Waals surface area contributed by atoms with Crippen LogP contribution in [0.15, 0.2) is 15.5 Å². The third kappa shape index (κ3) is 2.19. The maximum Gasteiger partial charge on any atom is 0.267 e. The molecule has 1 aromatic rings. The third-order valence-electron chi connectivity index (χ3n) is 1.68. The van der Waals surface area contributed by atoms with E-state index in [2.05, 4.69) is 26.8 Å². The largest absolute Gasteiger partial charge is 0.295 e. The van der Waals surface area contributed by atoms with Gasteiger partial charge in [-0.2, -0.15) is 0 Å². The van der Waals surface area contributed by atoms with Crippen molar-refractivity contribution >= 4 is 15.9 Å². The van der Waals surface area contributed by atoms with Crippen LogP contribution in [0.25, 0.3) is 0 Å². The van der Waals surface area contributed by atoms with Gasteiger partial charge in [-0.25, -0.2) is 4.98 Å². The second kappa shape index (κ2) is 4.24. The summed E-state index contributed by atoms with van der Waals surface area (Å²) in [7, 11) is 0. The fraction of sp³-hybridized carbons (Fsp3) is 0.333. The predicted molar refractivity (Wildman–Crippen MR) is 54.4 cm³/mol. The minimum atomic E-state index is -0.0808. The molecule has 0 N–H and O–H groups in total. The Morgan fingerprint density at radius 1 is 1.77 bits per heavy atom. The first-order valence-electron chi connectivity index (χ1n) is 3.82. The topological polar surface area (TPSA) is 34.9 Å². The van der Waals surface area contributed by atoms with Gasteiger partial charge in [-0.15, -0.1) is 12.3 Å². The van der Waals surface area contributed by atoms with Crippen LogP contribution in [0.2, 0.25) is 0 Å². The summed E-state index contributed by atoms with van der Waals surface area (Å²) < 4.78 is 2.03. The molecule has 0 unspecified atom stereocenters. The molecule has 0 atom stereocenters. The number of hydrogen-bond donors (Lipinski definition) is 0. The lowest BCUT2D eigenvalue weighted by Crippen LogP contribution is -2.23. The van der Waals surface area contributed by atoms with E-state index in [1.165, 1.54) is 6.20 Å². The maximum absolute atomic E-state index is 11.5. The summed E-state index contributed by atoms with van der Waals surface area (Å²) >= 11 is 3.12. The van der Waals surface area contributed by atoms with Gasteiger partial charge in [-0.05, 0) is 22.9 Å². The molecule has 0 aliphatic heterocycles. The van der Waals surface area contributed by atoms with Crippen LogP contribution < -0.4 is 5.56 Å². The van der Waals surface area contributed by atoms with Gasteiger partial charge in [-0.1, -0.05) is 0 Å². The number of aromatic nitrogens is 2. The highest BCUT2D eigenvalue weighted by Gasteiger charge is 2.03. The lowest BCUT2D eigenvalue weighted by atomic mass is 10.4. The Labute approximate surface area is 84.9 Å². The quantitative estimate of drug-likeness (QED) is 0.732. The number of rotatable bonds is 2. The molecule has 4 heteroatoms. The van der Waals surface area contributed by atoms with Gasteiger partial charge in [0.05, 0.1) is 0 Å². The van der Waals surface area contributed by atoms with E-state index in [1.54, 1.807) is 11.5 Å². The molecule has 0 fully saturated rings. The van der Waals surface area contributed by atoms with Crippen molar-refractivity contribution in [2.24, 2.45) is 0 Å². The van der Waals surface area contributed by atoms with Crippen LogP contribution in [0.4, 0.5) is 0 Å². The summed E-state index contributed by atoms with van der Waals surface area (Å²) in [5.41, 5.74) is -0.0808. The predicted octanol–water partition coefficient (Wildman–Crippen LogP) is 1.34. The highest BCUT2D eigenvalue weighted by atomic mass is 79.9. The Kier molecular flexibility index (Phi) is 3.26. The number of nitrogens with zero attached hydrogens (tertiary/aromatic N) is 2. The summed E-state index contributed by atoms with van der Waals surface area (Å²) in [5, 5.41) is 0. The third-order valence-corrected chi connectivity index (χ3v) is 2.23. The van der Waals surface area contributed by atoms with Gasteiger partial charge in [0.15, 0.2) is 0 Å². The number of aryl methyl sites for hydroxylation is 1. The second-order valence-electron chi connectivity index (χ2n) is 2.56. The van der Waals surface area contributed by atoms with Gasteiger partial charge >= 0.3 is 0 Å². The molecule has 1 heterocycles. The Morgan fingerprint density at radius 3 is 3.08 bits per heavy atom. The first-order valence-corrected chi connectivity index (χ1v) is 4.61. The zero-order chi connectivity index (χ0) is 9.84. The SMILES string of the molecule is C#CCCn1c(C)ncc(Br)c1=O. The van der Waals surface area contributed by atoms with Gasteiger partial charge in [0.2, 0.25) is 0 Å². The van der Waals surface area contributed by atoms with E-state index >= 15 is 0 Å². The zero-order valence-electron chi connectivity index (χ0n) is 7.25. The Balaban J connectivity index is 3.12. The van der Waals surface area contributed by atoms with E-state index in [9.17, 15) is 4.79 Å². The van der Waals surface area contributed by atoms with Crippen LogP contribution in [0, 0.1) is 19.3 Å². The van der Waals surface area contributed by atoms with E-state index in [0.717, 1.165) is 0 Å². The maximum atomic E-state index is 11.5. The molecular formula is C9H9BrN2O. The van der Waals surface area contributed by atoms with Crippen LogP contribution >= 0.6 is 15.9 Å². The van der Waals surface area contributed by atoms with Crippen LogP contribution in [-0.2, 0) is 6.54 Å². The minimum Gasteiger partial charge on any atom is -0.295 e. The molecule has 0 aliphatic carbocycles. The van der Waals surface area contributed by atoms with E-state index in [1.807, 2.05) is 0 Å². The number of halogens is 1. The van der Waals surface area contributed by atoms with Crippen molar-refractivity contribution in [2.75, 3.05) is 0 Å². The molecule has 3 nitrogen and oxygen atoms in total. The first kappa shape index (κ1) is 10.0. The van der Waals surface area contributed by atoms with Gasteiger partial charge in [0.1, 0.15) is 10.3 Å². The highest BCUT2D eigenvalue weighted by molar-refractivity contribution is 9.10. The summed E-state index contributed by atoms with van der Waals surface area (Å²) in [6, 6.07) is 0. The summed E-state index contributed by atoms with van der Waals surface area (Å²) in [4.78, 5) is 15.5. The fourth-order valence-electron chi connectivity index (χ4n) is 0.991. The van der Waals surface area contributed by atoms with Gasteiger partial charge in [0, 0.05) is 19.2 Å². The Hall–Kier alpha value is -1.08. The molecule has 0 saturated heterocycles. The lowest BCUT2D eigenvalue weighted by molar-refractivity contribution is 0.641. The Bertz CT molecular complexity index is 403. The minimum absolute atomic E-state index is 0.0808. The van der Waals surface area contributed by atoms with E-state index in [-0.39, 0.29) is 5.56 Å².